The van der Waals surface area contributed by atoms with E-state index in [0.29, 0.717) is 25.6 Å². The minimum Gasteiger partial charge on any atom is -0.341 e. The number of carbonyl (C=O) groups is 2. The Morgan fingerprint density at radius 3 is 2.71 bits per heavy atom. The maximum atomic E-state index is 12.7. The third-order valence-corrected chi connectivity index (χ3v) is 5.53. The van der Waals surface area contributed by atoms with Crippen LogP contribution in [-0.4, -0.2) is 48.4 Å². The van der Waals surface area contributed by atoms with Crippen molar-refractivity contribution in [3.05, 3.63) is 30.3 Å². The molecule has 3 atom stereocenters. The molecule has 4 rings (SSSR count). The normalized spacial score (nSPS) is 33.0. The molecule has 3 heterocycles. The van der Waals surface area contributed by atoms with Crippen molar-refractivity contribution in [2.45, 2.75) is 38.3 Å². The number of nitrogens with one attached hydrogen (secondary N) is 2. The highest BCUT2D eigenvalue weighted by atomic mass is 16.2. The number of anilines is 1. The summed E-state index contributed by atoms with van der Waals surface area (Å²) in [6.45, 7) is 4.22. The highest BCUT2D eigenvalue weighted by Crippen LogP contribution is 2.42. The van der Waals surface area contributed by atoms with Crippen LogP contribution < -0.4 is 15.8 Å². The maximum Gasteiger partial charge on any atom is 0.241 e. The molecule has 3 unspecified atom stereocenters. The summed E-state index contributed by atoms with van der Waals surface area (Å²) >= 11 is 0. The number of rotatable bonds is 2. The molecule has 24 heavy (non-hydrogen) atoms. The second kappa shape index (κ2) is 5.86. The van der Waals surface area contributed by atoms with Gasteiger partial charge in [-0.25, -0.2) is 5.43 Å². The summed E-state index contributed by atoms with van der Waals surface area (Å²) in [6.07, 6.45) is 2.26. The summed E-state index contributed by atoms with van der Waals surface area (Å²) in [4.78, 5) is 29.0. The van der Waals surface area contributed by atoms with E-state index in [1.165, 1.54) is 0 Å². The molecule has 1 aromatic rings. The van der Waals surface area contributed by atoms with Gasteiger partial charge in [-0.05, 0) is 31.9 Å². The zero-order valence-electron chi connectivity index (χ0n) is 14.0. The van der Waals surface area contributed by atoms with Crippen LogP contribution >= 0.6 is 0 Å². The number of nitrogens with zero attached hydrogens (tertiary/aromatic N) is 2. The maximum absolute atomic E-state index is 12.7. The Bertz CT molecular complexity index is 650. The van der Waals surface area contributed by atoms with E-state index in [2.05, 4.69) is 17.8 Å². The molecule has 6 heteroatoms. The molecule has 3 aliphatic heterocycles. The van der Waals surface area contributed by atoms with Crippen molar-refractivity contribution in [2.24, 2.45) is 5.41 Å². The average Bonchev–Trinajstić information content (AvgIpc) is 3.28. The number of hydrazine groups is 1. The molecule has 0 bridgehead atoms. The van der Waals surface area contributed by atoms with Crippen LogP contribution in [0.4, 0.5) is 5.69 Å². The Morgan fingerprint density at radius 2 is 2.00 bits per heavy atom. The topological polar surface area (TPSA) is 64.7 Å². The SMILES string of the molecule is CC1CC(C(=O)N2CCC3(CC(=O)N(c4ccccc4)C3)C2)NN1. The zero-order chi connectivity index (χ0) is 16.7. The second-order valence-corrected chi connectivity index (χ2v) is 7.48. The minimum atomic E-state index is -0.141. The lowest BCUT2D eigenvalue weighted by molar-refractivity contribution is -0.132. The molecule has 6 nitrogen and oxygen atoms in total. The summed E-state index contributed by atoms with van der Waals surface area (Å²) in [7, 11) is 0. The van der Waals surface area contributed by atoms with E-state index in [4.69, 9.17) is 0 Å². The van der Waals surface area contributed by atoms with Crippen LogP contribution in [0.15, 0.2) is 30.3 Å². The quantitative estimate of drug-likeness (QED) is 0.847. The molecule has 1 aromatic carbocycles. The van der Waals surface area contributed by atoms with Crippen LogP contribution in [0.3, 0.4) is 0 Å². The van der Waals surface area contributed by atoms with E-state index in [9.17, 15) is 9.59 Å². The first kappa shape index (κ1) is 15.6. The highest BCUT2D eigenvalue weighted by molar-refractivity contribution is 5.96. The molecule has 2 N–H and O–H groups in total. The van der Waals surface area contributed by atoms with Gasteiger partial charge in [-0.1, -0.05) is 18.2 Å². The minimum absolute atomic E-state index is 0.0831. The van der Waals surface area contributed by atoms with Crippen molar-refractivity contribution in [3.8, 4) is 0 Å². The van der Waals surface area contributed by atoms with Gasteiger partial charge in [0.15, 0.2) is 0 Å². The molecule has 0 radical (unpaired) electrons. The number of carbonyl (C=O) groups excluding carboxylic acids is 2. The van der Waals surface area contributed by atoms with E-state index < -0.39 is 0 Å². The Hall–Kier alpha value is -1.92. The number of para-hydroxylation sites is 1. The highest BCUT2D eigenvalue weighted by Gasteiger charge is 2.49. The van der Waals surface area contributed by atoms with Gasteiger partial charge >= 0.3 is 0 Å². The van der Waals surface area contributed by atoms with Gasteiger partial charge in [0.1, 0.15) is 6.04 Å². The monoisotopic (exact) mass is 328 g/mol. The fraction of sp³-hybridized carbons (Fsp3) is 0.556. The largest absolute Gasteiger partial charge is 0.341 e. The van der Waals surface area contributed by atoms with Crippen molar-refractivity contribution >= 4 is 17.5 Å². The number of hydrogen-bond acceptors (Lipinski definition) is 4. The molecule has 0 saturated carbocycles. The van der Waals surface area contributed by atoms with Gasteiger partial charge in [-0.2, -0.15) is 0 Å². The first-order valence-corrected chi connectivity index (χ1v) is 8.72. The third kappa shape index (κ3) is 2.70. The molecule has 1 spiro atoms. The summed E-state index contributed by atoms with van der Waals surface area (Å²) in [5.41, 5.74) is 7.07. The fourth-order valence-electron chi connectivity index (χ4n) is 4.23. The Labute approximate surface area is 142 Å². The molecular weight excluding hydrogens is 304 g/mol. The Balaban J connectivity index is 1.44. The van der Waals surface area contributed by atoms with E-state index in [1.807, 2.05) is 40.1 Å². The lowest BCUT2D eigenvalue weighted by atomic mass is 9.86. The second-order valence-electron chi connectivity index (χ2n) is 7.48. The lowest BCUT2D eigenvalue weighted by Gasteiger charge is -2.25. The first-order valence-electron chi connectivity index (χ1n) is 8.72. The van der Waals surface area contributed by atoms with Crippen molar-refractivity contribution in [2.75, 3.05) is 24.5 Å². The standard InChI is InChI=1S/C18H24N4O2/c1-13-9-15(20-19-13)17(24)21-8-7-18(11-21)10-16(23)22(12-18)14-5-3-2-4-6-14/h2-6,13,15,19-20H,7-12H2,1H3. The smallest absolute Gasteiger partial charge is 0.241 e. The predicted molar refractivity (Wildman–Crippen MR) is 91.2 cm³/mol. The van der Waals surface area contributed by atoms with E-state index in [-0.39, 0.29) is 23.3 Å². The molecule has 3 aliphatic rings. The van der Waals surface area contributed by atoms with Crippen LogP contribution in [0.2, 0.25) is 0 Å². The number of hydrogen-bond donors (Lipinski definition) is 2. The Morgan fingerprint density at radius 1 is 1.21 bits per heavy atom. The van der Waals surface area contributed by atoms with Gasteiger partial charge in [0.25, 0.3) is 0 Å². The molecule has 3 saturated heterocycles. The molecule has 0 aromatic heterocycles. The summed E-state index contributed by atoms with van der Waals surface area (Å²) in [5.74, 6) is 0.333. The average molecular weight is 328 g/mol. The van der Waals surface area contributed by atoms with Crippen molar-refractivity contribution in [1.29, 1.82) is 0 Å². The predicted octanol–water partition coefficient (Wildman–Crippen LogP) is 0.897. The summed E-state index contributed by atoms with van der Waals surface area (Å²) < 4.78 is 0. The van der Waals surface area contributed by atoms with Crippen molar-refractivity contribution in [3.63, 3.8) is 0 Å². The molecule has 128 valence electrons. The van der Waals surface area contributed by atoms with Gasteiger partial charge in [-0.3, -0.25) is 15.0 Å². The van der Waals surface area contributed by atoms with E-state index in [0.717, 1.165) is 25.1 Å². The van der Waals surface area contributed by atoms with Crippen molar-refractivity contribution in [1.82, 2.24) is 15.8 Å². The van der Waals surface area contributed by atoms with Crippen LogP contribution in [0, 0.1) is 5.41 Å². The van der Waals surface area contributed by atoms with Crippen LogP contribution in [0.5, 0.6) is 0 Å². The van der Waals surface area contributed by atoms with E-state index >= 15 is 0 Å². The fourth-order valence-corrected chi connectivity index (χ4v) is 4.23. The van der Waals surface area contributed by atoms with Crippen LogP contribution in [0.1, 0.15) is 26.2 Å². The first-order chi connectivity index (χ1) is 11.6. The molecule has 0 aliphatic carbocycles. The number of likely N-dealkylation sites (tertiary alicyclic amines) is 1. The van der Waals surface area contributed by atoms with Gasteiger partial charge in [0.2, 0.25) is 11.8 Å². The summed E-state index contributed by atoms with van der Waals surface area (Å²) in [5, 5.41) is 0. The van der Waals surface area contributed by atoms with Crippen LogP contribution in [-0.2, 0) is 9.59 Å². The molecular formula is C18H24N4O2. The van der Waals surface area contributed by atoms with Gasteiger partial charge in [0.05, 0.1) is 0 Å². The van der Waals surface area contributed by atoms with Crippen LogP contribution in [0.25, 0.3) is 0 Å². The molecule has 3 fully saturated rings. The number of amides is 2. The number of benzene rings is 1. The van der Waals surface area contributed by atoms with Gasteiger partial charge in [-0.15, -0.1) is 0 Å². The lowest BCUT2D eigenvalue weighted by Crippen LogP contribution is -2.45. The third-order valence-electron chi connectivity index (χ3n) is 5.53. The van der Waals surface area contributed by atoms with Gasteiger partial charge in [0, 0.05) is 43.2 Å². The summed E-state index contributed by atoms with van der Waals surface area (Å²) in [6, 6.07) is 10.00. The van der Waals surface area contributed by atoms with E-state index in [1.54, 1.807) is 0 Å². The molecule has 2 amide bonds. The Kier molecular flexibility index (Phi) is 3.81. The zero-order valence-corrected chi connectivity index (χ0v) is 14.0. The van der Waals surface area contributed by atoms with Crippen molar-refractivity contribution < 1.29 is 9.59 Å². The van der Waals surface area contributed by atoms with Gasteiger partial charge < -0.3 is 9.80 Å².